The number of esters is 1. The first kappa shape index (κ1) is 37.2. The Kier molecular flexibility index (Phi) is 16.5. The predicted molar refractivity (Wildman–Crippen MR) is 165 cm³/mol. The summed E-state index contributed by atoms with van der Waals surface area (Å²) in [5, 5.41) is 23.9. The number of allylic oxidation sites excluding steroid dienone is 3. The number of rotatable bonds is 7. The van der Waals surface area contributed by atoms with E-state index in [-0.39, 0.29) is 42.3 Å². The number of aliphatic hydroxyl groups is 2. The van der Waals surface area contributed by atoms with Gasteiger partial charge in [-0.2, -0.15) is 0 Å². The number of amides is 1. The summed E-state index contributed by atoms with van der Waals surface area (Å²) < 4.78 is 5.82. The van der Waals surface area contributed by atoms with Crippen molar-refractivity contribution in [3.8, 4) is 0 Å². The van der Waals surface area contributed by atoms with Crippen molar-refractivity contribution in [2.45, 2.75) is 118 Å². The lowest BCUT2D eigenvalue weighted by Crippen LogP contribution is -2.36. The molecular weight excluding hydrogens is 534 g/mol. The molecular formula is C34H53NO7. The van der Waals surface area contributed by atoms with Crippen molar-refractivity contribution in [2.24, 2.45) is 23.7 Å². The van der Waals surface area contributed by atoms with E-state index in [2.05, 4.69) is 11.9 Å². The van der Waals surface area contributed by atoms with E-state index in [1.807, 2.05) is 26.0 Å². The zero-order chi connectivity index (χ0) is 32.0. The van der Waals surface area contributed by atoms with Crippen LogP contribution in [-0.2, 0) is 23.9 Å². The first-order valence-corrected chi connectivity index (χ1v) is 15.2. The Hall–Kier alpha value is -2.84. The predicted octanol–water partition coefficient (Wildman–Crippen LogP) is 5.19. The van der Waals surface area contributed by atoms with Crippen LogP contribution in [0, 0.1) is 23.7 Å². The third-order valence-corrected chi connectivity index (χ3v) is 8.11. The number of cyclic esters (lactones) is 1. The van der Waals surface area contributed by atoms with Crippen LogP contribution in [0.5, 0.6) is 0 Å². The fourth-order valence-electron chi connectivity index (χ4n) is 4.88. The standard InChI is InChI=1S/C34H53NO7/c1-9-10-22(3)29(36)17-12-21(2)11-15-28-16-13-23(4)31(38)20-32(39)35-26(7)14-18-30(37)27(8)33(40)24(5)19-25(6)34(41)42-28/h9-11,15,19,21,23-24,26-29,33,36,40H,1,12-14,16-18,20H2,2-8H3,(H,35,39)/b15-11+,22-10+,25-19+/t21-,23+,24-,26-,27+,28?,29-,33+/m0/s1. The summed E-state index contributed by atoms with van der Waals surface area (Å²) in [6.07, 6.45) is 9.10. The number of Topliss-reactive ketones (excluding diaryl/α,β-unsaturated/α-hetero) is 2. The van der Waals surface area contributed by atoms with Gasteiger partial charge in [0.2, 0.25) is 5.91 Å². The second-order valence-electron chi connectivity index (χ2n) is 12.1. The minimum Gasteiger partial charge on any atom is -0.455 e. The molecule has 1 aliphatic rings. The molecule has 0 saturated heterocycles. The largest absolute Gasteiger partial charge is 0.455 e. The summed E-state index contributed by atoms with van der Waals surface area (Å²) in [5.41, 5.74) is 1.17. The Balaban J connectivity index is 3.15. The molecule has 0 fully saturated rings. The van der Waals surface area contributed by atoms with Gasteiger partial charge in [-0.1, -0.05) is 58.6 Å². The highest BCUT2D eigenvalue weighted by molar-refractivity contribution is 5.99. The number of carbonyl (C=O) groups is 4. The fourth-order valence-corrected chi connectivity index (χ4v) is 4.88. The van der Waals surface area contributed by atoms with Crippen molar-refractivity contribution in [2.75, 3.05) is 0 Å². The third-order valence-electron chi connectivity index (χ3n) is 8.11. The van der Waals surface area contributed by atoms with Crippen LogP contribution in [0.3, 0.4) is 0 Å². The van der Waals surface area contributed by atoms with Crippen LogP contribution in [0.2, 0.25) is 0 Å². The smallest absolute Gasteiger partial charge is 0.333 e. The maximum atomic E-state index is 13.0. The Morgan fingerprint density at radius 3 is 2.40 bits per heavy atom. The van der Waals surface area contributed by atoms with Crippen LogP contribution in [-0.4, -0.2) is 58.0 Å². The van der Waals surface area contributed by atoms with Crippen molar-refractivity contribution in [1.82, 2.24) is 5.32 Å². The van der Waals surface area contributed by atoms with Crippen molar-refractivity contribution in [1.29, 1.82) is 0 Å². The van der Waals surface area contributed by atoms with Gasteiger partial charge in [-0.25, -0.2) is 4.79 Å². The van der Waals surface area contributed by atoms with Gasteiger partial charge in [0, 0.05) is 35.8 Å². The molecule has 236 valence electrons. The molecule has 42 heavy (non-hydrogen) atoms. The topological polar surface area (TPSA) is 130 Å². The normalized spacial score (nSPS) is 31.2. The number of hydrogen-bond donors (Lipinski definition) is 3. The van der Waals surface area contributed by atoms with E-state index < -0.39 is 42.0 Å². The summed E-state index contributed by atoms with van der Waals surface area (Å²) in [4.78, 5) is 51.0. The molecule has 0 spiro atoms. The molecule has 0 aromatic carbocycles. The van der Waals surface area contributed by atoms with Gasteiger partial charge in [-0.15, -0.1) is 0 Å². The molecule has 0 saturated carbocycles. The van der Waals surface area contributed by atoms with E-state index in [0.717, 1.165) is 5.57 Å². The molecule has 0 aromatic rings. The first-order valence-electron chi connectivity index (χ1n) is 15.2. The molecule has 8 heteroatoms. The minimum atomic E-state index is -0.984. The first-order chi connectivity index (χ1) is 19.7. The van der Waals surface area contributed by atoms with Crippen LogP contribution in [0.25, 0.3) is 0 Å². The number of carbonyl (C=O) groups excluding carboxylic acids is 4. The van der Waals surface area contributed by atoms with Gasteiger partial charge in [0.05, 0.1) is 18.6 Å². The Morgan fingerprint density at radius 2 is 1.76 bits per heavy atom. The molecule has 1 amide bonds. The maximum absolute atomic E-state index is 13.0. The second kappa shape index (κ2) is 18.6. The van der Waals surface area contributed by atoms with Crippen LogP contribution >= 0.6 is 0 Å². The average Bonchev–Trinajstić information content (AvgIpc) is 2.93. The number of hydrogen-bond acceptors (Lipinski definition) is 7. The average molecular weight is 588 g/mol. The molecule has 8 atom stereocenters. The van der Waals surface area contributed by atoms with Crippen molar-refractivity contribution in [3.63, 3.8) is 0 Å². The van der Waals surface area contributed by atoms with Gasteiger partial charge in [0.1, 0.15) is 17.7 Å². The highest BCUT2D eigenvalue weighted by Crippen LogP contribution is 2.22. The molecule has 0 bridgehead atoms. The SMILES string of the molecule is C=C/C=C(\C)[C@@H](O)CC[C@@H](C)/C=C/C1CC[C@@H](C)C(=O)CC(=O)N[C@@H](C)CCC(=O)[C@@H](C)[C@H](O)[C@@H](C)/C=C(\C)C(=O)O1. The number of ketones is 2. The molecule has 1 aliphatic heterocycles. The van der Waals surface area contributed by atoms with E-state index in [0.29, 0.717) is 37.7 Å². The monoisotopic (exact) mass is 587 g/mol. The summed E-state index contributed by atoms with van der Waals surface area (Å²) in [6.45, 7) is 16.1. The fraction of sp³-hybridized carbons (Fsp3) is 0.647. The van der Waals surface area contributed by atoms with Gasteiger partial charge in [0.15, 0.2) is 0 Å². The molecule has 8 nitrogen and oxygen atoms in total. The van der Waals surface area contributed by atoms with Crippen molar-refractivity contribution in [3.05, 3.63) is 48.1 Å². The van der Waals surface area contributed by atoms with Crippen LogP contribution in [0.4, 0.5) is 0 Å². The van der Waals surface area contributed by atoms with Gasteiger partial charge in [-0.05, 0) is 70.4 Å². The van der Waals surface area contributed by atoms with E-state index in [1.165, 1.54) is 0 Å². The molecule has 3 N–H and O–H groups in total. The van der Waals surface area contributed by atoms with Crippen molar-refractivity contribution >= 4 is 23.4 Å². The summed E-state index contributed by atoms with van der Waals surface area (Å²) >= 11 is 0. The van der Waals surface area contributed by atoms with Gasteiger partial charge < -0.3 is 20.3 Å². The molecule has 0 aliphatic carbocycles. The zero-order valence-electron chi connectivity index (χ0n) is 26.6. The molecule has 0 radical (unpaired) electrons. The lowest BCUT2D eigenvalue weighted by atomic mass is 9.87. The Morgan fingerprint density at radius 1 is 1.10 bits per heavy atom. The number of aliphatic hydroxyl groups excluding tert-OH is 2. The lowest BCUT2D eigenvalue weighted by molar-refractivity contribution is -0.142. The quantitative estimate of drug-likeness (QED) is 0.162. The zero-order valence-corrected chi connectivity index (χ0v) is 26.6. The van der Waals surface area contributed by atoms with E-state index in [1.54, 1.807) is 52.8 Å². The summed E-state index contributed by atoms with van der Waals surface area (Å²) in [7, 11) is 0. The number of nitrogens with one attached hydrogen (secondary N) is 1. The molecule has 1 rings (SSSR count). The summed E-state index contributed by atoms with van der Waals surface area (Å²) in [5.74, 6) is -2.69. The highest BCUT2D eigenvalue weighted by atomic mass is 16.5. The van der Waals surface area contributed by atoms with Gasteiger partial charge in [0.25, 0.3) is 0 Å². The van der Waals surface area contributed by atoms with Gasteiger partial charge in [-0.3, -0.25) is 14.4 Å². The molecule has 1 unspecified atom stereocenters. The van der Waals surface area contributed by atoms with E-state index in [4.69, 9.17) is 4.74 Å². The van der Waals surface area contributed by atoms with Crippen LogP contribution < -0.4 is 5.32 Å². The molecule has 1 heterocycles. The molecule has 0 aromatic heterocycles. The Labute approximate surface area is 252 Å². The van der Waals surface area contributed by atoms with E-state index in [9.17, 15) is 29.4 Å². The van der Waals surface area contributed by atoms with Crippen LogP contribution in [0.15, 0.2) is 48.1 Å². The van der Waals surface area contributed by atoms with Crippen LogP contribution in [0.1, 0.15) is 93.4 Å². The second-order valence-corrected chi connectivity index (χ2v) is 12.1. The lowest BCUT2D eigenvalue weighted by Gasteiger charge is -2.23. The third kappa shape index (κ3) is 13.4. The minimum absolute atomic E-state index is 0.0995. The van der Waals surface area contributed by atoms with Crippen molar-refractivity contribution < 1.29 is 34.1 Å². The Bertz CT molecular complexity index is 1030. The van der Waals surface area contributed by atoms with E-state index >= 15 is 0 Å². The van der Waals surface area contributed by atoms with Gasteiger partial charge >= 0.3 is 5.97 Å². The maximum Gasteiger partial charge on any atom is 0.333 e. The number of ether oxygens (including phenoxy) is 1. The summed E-state index contributed by atoms with van der Waals surface area (Å²) in [6, 6.07) is -0.291. The highest BCUT2D eigenvalue weighted by Gasteiger charge is 2.28.